The number of aromatic nitrogens is 2. The van der Waals surface area contributed by atoms with E-state index in [4.69, 9.17) is 4.98 Å². The zero-order chi connectivity index (χ0) is 12.5. The van der Waals surface area contributed by atoms with Crippen LogP contribution in [0.5, 0.6) is 0 Å². The number of imidazole rings is 1. The largest absolute Gasteiger partial charge is 0.341 e. The molecule has 1 fully saturated rings. The van der Waals surface area contributed by atoms with Gasteiger partial charge >= 0.3 is 0 Å². The first-order valence-corrected chi connectivity index (χ1v) is 6.65. The predicted octanol–water partition coefficient (Wildman–Crippen LogP) is 1.87. The minimum atomic E-state index is 0.381. The Bertz CT molecular complexity index is 500. The van der Waals surface area contributed by atoms with Crippen LogP contribution in [0.4, 0.5) is 0 Å². The summed E-state index contributed by atoms with van der Waals surface area (Å²) in [5, 5.41) is 0. The lowest BCUT2D eigenvalue weighted by Crippen LogP contribution is -2.46. The number of likely N-dealkylation sites (N-methyl/N-ethyl adjacent to an activating group) is 2. The molecule has 1 saturated heterocycles. The lowest BCUT2D eigenvalue weighted by Gasteiger charge is -2.37. The number of nitrogens with zero attached hydrogens (tertiary/aromatic N) is 3. The molecular weight excluding hydrogens is 224 g/mol. The first-order chi connectivity index (χ1) is 8.78. The van der Waals surface area contributed by atoms with Gasteiger partial charge in [-0.15, -0.1) is 0 Å². The molecule has 0 amide bonds. The minimum Gasteiger partial charge on any atom is -0.341 e. The molecule has 96 valence electrons. The maximum absolute atomic E-state index is 4.73. The van der Waals surface area contributed by atoms with E-state index in [1.54, 1.807) is 0 Å². The van der Waals surface area contributed by atoms with Crippen LogP contribution in [0.3, 0.4) is 0 Å². The first-order valence-electron chi connectivity index (χ1n) is 6.65. The van der Waals surface area contributed by atoms with E-state index in [2.05, 4.69) is 40.9 Å². The average molecular weight is 244 g/mol. The van der Waals surface area contributed by atoms with Crippen molar-refractivity contribution in [2.24, 2.45) is 0 Å². The molecule has 1 atom stereocenters. The zero-order valence-electron chi connectivity index (χ0n) is 11.1. The summed E-state index contributed by atoms with van der Waals surface area (Å²) in [6.45, 7) is 6.66. The van der Waals surface area contributed by atoms with Gasteiger partial charge in [0.25, 0.3) is 0 Å². The van der Waals surface area contributed by atoms with Crippen molar-refractivity contribution in [3.8, 4) is 0 Å². The second kappa shape index (κ2) is 4.71. The smallest absolute Gasteiger partial charge is 0.125 e. The third-order valence-electron chi connectivity index (χ3n) is 3.90. The number of aromatic amines is 1. The number of piperazine rings is 1. The van der Waals surface area contributed by atoms with Gasteiger partial charge < -0.3 is 9.88 Å². The maximum Gasteiger partial charge on any atom is 0.125 e. The third kappa shape index (κ3) is 2.02. The van der Waals surface area contributed by atoms with Gasteiger partial charge in [-0.1, -0.05) is 19.1 Å². The van der Waals surface area contributed by atoms with Crippen LogP contribution in [0.25, 0.3) is 11.0 Å². The van der Waals surface area contributed by atoms with Crippen molar-refractivity contribution in [1.82, 2.24) is 19.8 Å². The van der Waals surface area contributed by atoms with Crippen LogP contribution in [0, 0.1) is 0 Å². The van der Waals surface area contributed by atoms with Crippen LogP contribution < -0.4 is 0 Å². The first kappa shape index (κ1) is 11.7. The van der Waals surface area contributed by atoms with Gasteiger partial charge in [0.1, 0.15) is 5.82 Å². The Labute approximate surface area is 108 Å². The maximum atomic E-state index is 4.73. The van der Waals surface area contributed by atoms with Crippen molar-refractivity contribution in [1.29, 1.82) is 0 Å². The van der Waals surface area contributed by atoms with Crippen LogP contribution in [-0.4, -0.2) is 53.0 Å². The Hall–Kier alpha value is -1.39. The van der Waals surface area contributed by atoms with E-state index in [1.807, 2.05) is 12.1 Å². The summed E-state index contributed by atoms with van der Waals surface area (Å²) >= 11 is 0. The highest BCUT2D eigenvalue weighted by Crippen LogP contribution is 2.23. The van der Waals surface area contributed by atoms with Crippen molar-refractivity contribution in [2.75, 3.05) is 33.2 Å². The van der Waals surface area contributed by atoms with Crippen LogP contribution >= 0.6 is 0 Å². The Balaban J connectivity index is 1.92. The van der Waals surface area contributed by atoms with Crippen LogP contribution in [0.15, 0.2) is 24.3 Å². The molecule has 4 nitrogen and oxygen atoms in total. The minimum absolute atomic E-state index is 0.381. The molecule has 18 heavy (non-hydrogen) atoms. The fraction of sp³-hybridized carbons (Fsp3) is 0.500. The van der Waals surface area contributed by atoms with Crippen LogP contribution in [-0.2, 0) is 0 Å². The Morgan fingerprint density at radius 2 is 2.17 bits per heavy atom. The summed E-state index contributed by atoms with van der Waals surface area (Å²) < 4.78 is 0. The van der Waals surface area contributed by atoms with Gasteiger partial charge in [-0.25, -0.2) is 4.98 Å². The van der Waals surface area contributed by atoms with E-state index in [9.17, 15) is 0 Å². The monoisotopic (exact) mass is 244 g/mol. The number of rotatable bonds is 2. The molecule has 0 spiro atoms. The SMILES string of the molecule is CCN1CCN(C)C(c2nc3ccccc3[nH]2)C1. The normalized spacial score (nSPS) is 22.7. The summed E-state index contributed by atoms with van der Waals surface area (Å²) in [5.74, 6) is 1.09. The number of para-hydroxylation sites is 2. The van der Waals surface area contributed by atoms with Gasteiger partial charge in [0.05, 0.1) is 17.1 Å². The summed E-state index contributed by atoms with van der Waals surface area (Å²) in [6, 6.07) is 8.62. The molecule has 1 aromatic heterocycles. The number of hydrogen-bond acceptors (Lipinski definition) is 3. The highest BCUT2D eigenvalue weighted by molar-refractivity contribution is 5.74. The van der Waals surface area contributed by atoms with Gasteiger partial charge in [-0.2, -0.15) is 0 Å². The topological polar surface area (TPSA) is 35.2 Å². The zero-order valence-corrected chi connectivity index (χ0v) is 11.1. The molecule has 1 unspecified atom stereocenters. The van der Waals surface area contributed by atoms with Gasteiger partial charge in [-0.05, 0) is 25.7 Å². The average Bonchev–Trinajstić information content (AvgIpc) is 2.82. The molecule has 0 saturated carbocycles. The molecule has 4 heteroatoms. The molecule has 1 aliphatic rings. The number of benzene rings is 1. The molecule has 1 N–H and O–H groups in total. The van der Waals surface area contributed by atoms with E-state index in [-0.39, 0.29) is 0 Å². The second-order valence-electron chi connectivity index (χ2n) is 5.03. The quantitative estimate of drug-likeness (QED) is 0.876. The summed E-state index contributed by atoms with van der Waals surface area (Å²) in [4.78, 5) is 13.1. The van der Waals surface area contributed by atoms with Crippen molar-refractivity contribution in [2.45, 2.75) is 13.0 Å². The van der Waals surface area contributed by atoms with Gasteiger partial charge in [-0.3, -0.25) is 4.90 Å². The molecule has 1 aromatic carbocycles. The molecule has 0 radical (unpaired) electrons. The Kier molecular flexibility index (Phi) is 3.06. The highest BCUT2D eigenvalue weighted by atomic mass is 15.3. The fourth-order valence-electron chi connectivity index (χ4n) is 2.64. The van der Waals surface area contributed by atoms with E-state index in [0.29, 0.717) is 6.04 Å². The number of fused-ring (bicyclic) bond motifs is 1. The van der Waals surface area contributed by atoms with Gasteiger partial charge in [0, 0.05) is 19.6 Å². The standard InChI is InChI=1S/C14H20N4/c1-3-18-9-8-17(2)13(10-18)14-15-11-6-4-5-7-12(11)16-14/h4-7,13H,3,8-10H2,1-2H3,(H,15,16). The lowest BCUT2D eigenvalue weighted by atomic mass is 10.1. The molecule has 0 bridgehead atoms. The molecule has 0 aliphatic carbocycles. The van der Waals surface area contributed by atoms with Crippen molar-refractivity contribution < 1.29 is 0 Å². The summed E-state index contributed by atoms with van der Waals surface area (Å²) in [5.41, 5.74) is 2.20. The molecule has 2 heterocycles. The predicted molar refractivity (Wildman–Crippen MR) is 73.6 cm³/mol. The van der Waals surface area contributed by atoms with Gasteiger partial charge in [0.15, 0.2) is 0 Å². The molecule has 3 rings (SSSR count). The van der Waals surface area contributed by atoms with E-state index in [0.717, 1.165) is 43.0 Å². The van der Waals surface area contributed by atoms with Crippen LogP contribution in [0.2, 0.25) is 0 Å². The van der Waals surface area contributed by atoms with Crippen molar-refractivity contribution in [3.63, 3.8) is 0 Å². The number of H-pyrrole nitrogens is 1. The Morgan fingerprint density at radius 3 is 2.94 bits per heavy atom. The fourth-order valence-corrected chi connectivity index (χ4v) is 2.64. The number of hydrogen-bond donors (Lipinski definition) is 1. The van der Waals surface area contributed by atoms with Crippen LogP contribution in [0.1, 0.15) is 18.8 Å². The molecule has 2 aromatic rings. The number of nitrogens with one attached hydrogen (secondary N) is 1. The summed E-state index contributed by atoms with van der Waals surface area (Å²) in [7, 11) is 2.19. The molecular formula is C14H20N4. The van der Waals surface area contributed by atoms with E-state index >= 15 is 0 Å². The van der Waals surface area contributed by atoms with Gasteiger partial charge in [0.2, 0.25) is 0 Å². The van der Waals surface area contributed by atoms with E-state index < -0.39 is 0 Å². The lowest BCUT2D eigenvalue weighted by molar-refractivity contribution is 0.0955. The van der Waals surface area contributed by atoms with Crippen molar-refractivity contribution in [3.05, 3.63) is 30.1 Å². The third-order valence-corrected chi connectivity index (χ3v) is 3.90. The van der Waals surface area contributed by atoms with E-state index in [1.165, 1.54) is 0 Å². The summed E-state index contributed by atoms with van der Waals surface area (Å²) in [6.07, 6.45) is 0. The highest BCUT2D eigenvalue weighted by Gasteiger charge is 2.27. The Morgan fingerprint density at radius 1 is 1.33 bits per heavy atom. The van der Waals surface area contributed by atoms with Crippen molar-refractivity contribution >= 4 is 11.0 Å². The second-order valence-corrected chi connectivity index (χ2v) is 5.03. The molecule has 1 aliphatic heterocycles.